The number of hydrogen-bond acceptors (Lipinski definition) is 5. The molecule has 0 spiro atoms. The molecular formula is C19H22N4O2S. The number of aromatic amines is 1. The Bertz CT molecular complexity index is 1010. The number of H-pyrrole nitrogens is 1. The molecule has 26 heavy (non-hydrogen) atoms. The minimum Gasteiger partial charge on any atom is -0.381 e. The Labute approximate surface area is 153 Å². The number of aromatic nitrogens is 2. The quantitative estimate of drug-likeness (QED) is 0.722. The molecular weight excluding hydrogens is 348 g/mol. The maximum absolute atomic E-state index is 11.5. The number of sulfone groups is 1. The SMILES string of the molecule is CS(=O)(=O)c1ccc(CN2CC[C@@H](Nc3ccc4[nH]ncc4c3)C2)cc1. The third kappa shape index (κ3) is 3.73. The zero-order chi connectivity index (χ0) is 18.1. The lowest BCUT2D eigenvalue weighted by Gasteiger charge is -2.17. The Kier molecular flexibility index (Phi) is 4.42. The summed E-state index contributed by atoms with van der Waals surface area (Å²) < 4.78 is 23.1. The van der Waals surface area contributed by atoms with Crippen LogP contribution in [0.3, 0.4) is 0 Å². The van der Waals surface area contributed by atoms with Crippen molar-refractivity contribution < 1.29 is 8.42 Å². The minimum absolute atomic E-state index is 0.372. The Morgan fingerprint density at radius 2 is 2.04 bits per heavy atom. The summed E-state index contributed by atoms with van der Waals surface area (Å²) in [7, 11) is -3.13. The van der Waals surface area contributed by atoms with Gasteiger partial charge in [0.1, 0.15) is 0 Å². The number of likely N-dealkylation sites (tertiary alicyclic amines) is 1. The lowest BCUT2D eigenvalue weighted by atomic mass is 10.2. The highest BCUT2D eigenvalue weighted by Gasteiger charge is 2.22. The predicted molar refractivity (Wildman–Crippen MR) is 103 cm³/mol. The Hall–Kier alpha value is -2.38. The van der Waals surface area contributed by atoms with Gasteiger partial charge in [-0.05, 0) is 42.3 Å². The molecule has 1 aromatic heterocycles. The number of anilines is 1. The lowest BCUT2D eigenvalue weighted by molar-refractivity contribution is 0.328. The van der Waals surface area contributed by atoms with Crippen molar-refractivity contribution in [2.24, 2.45) is 0 Å². The standard InChI is InChI=1S/C19H22N4O2S/c1-26(24,25)18-5-2-14(3-6-18)12-23-9-8-17(13-23)21-16-4-7-19-15(10-16)11-20-22-19/h2-7,10-11,17,21H,8-9,12-13H2,1H3,(H,20,22)/t17-/m1/s1. The molecule has 2 aromatic carbocycles. The molecule has 0 amide bonds. The fourth-order valence-corrected chi connectivity index (χ4v) is 4.09. The molecule has 0 unspecified atom stereocenters. The van der Waals surface area contributed by atoms with E-state index in [0.717, 1.165) is 48.2 Å². The van der Waals surface area contributed by atoms with Gasteiger partial charge < -0.3 is 5.32 Å². The van der Waals surface area contributed by atoms with Crippen LogP contribution >= 0.6 is 0 Å². The van der Waals surface area contributed by atoms with Crippen molar-refractivity contribution in [2.45, 2.75) is 23.9 Å². The lowest BCUT2D eigenvalue weighted by Crippen LogP contribution is -2.25. The van der Waals surface area contributed by atoms with E-state index >= 15 is 0 Å². The molecule has 1 fully saturated rings. The average Bonchev–Trinajstić information content (AvgIpc) is 3.23. The van der Waals surface area contributed by atoms with Crippen LogP contribution < -0.4 is 5.32 Å². The zero-order valence-electron chi connectivity index (χ0n) is 14.6. The number of hydrogen-bond donors (Lipinski definition) is 2. The number of benzene rings is 2. The van der Waals surface area contributed by atoms with E-state index in [1.54, 1.807) is 12.1 Å². The van der Waals surface area contributed by atoms with Crippen LogP contribution in [0.2, 0.25) is 0 Å². The Balaban J connectivity index is 1.36. The second kappa shape index (κ2) is 6.74. The highest BCUT2D eigenvalue weighted by molar-refractivity contribution is 7.90. The van der Waals surface area contributed by atoms with E-state index in [4.69, 9.17) is 0 Å². The number of rotatable bonds is 5. The molecule has 136 valence electrons. The largest absolute Gasteiger partial charge is 0.381 e. The van der Waals surface area contributed by atoms with Crippen LogP contribution in [0.1, 0.15) is 12.0 Å². The molecule has 2 heterocycles. The fraction of sp³-hybridized carbons (Fsp3) is 0.316. The molecule has 7 heteroatoms. The maximum atomic E-state index is 11.5. The van der Waals surface area contributed by atoms with Crippen LogP contribution in [0, 0.1) is 0 Å². The molecule has 3 aromatic rings. The van der Waals surface area contributed by atoms with Crippen LogP contribution in [0.4, 0.5) is 5.69 Å². The molecule has 1 atom stereocenters. The summed E-state index contributed by atoms with van der Waals surface area (Å²) >= 11 is 0. The van der Waals surface area contributed by atoms with E-state index in [0.29, 0.717) is 10.9 Å². The van der Waals surface area contributed by atoms with Gasteiger partial charge in [-0.25, -0.2) is 8.42 Å². The molecule has 2 N–H and O–H groups in total. The van der Waals surface area contributed by atoms with Gasteiger partial charge in [0.25, 0.3) is 0 Å². The summed E-state index contributed by atoms with van der Waals surface area (Å²) in [5.74, 6) is 0. The molecule has 1 aliphatic rings. The van der Waals surface area contributed by atoms with Gasteiger partial charge in [0.2, 0.25) is 0 Å². The summed E-state index contributed by atoms with van der Waals surface area (Å²) in [6.07, 6.45) is 4.16. The second-order valence-electron chi connectivity index (χ2n) is 6.95. The van der Waals surface area contributed by atoms with Crippen molar-refractivity contribution in [3.05, 3.63) is 54.2 Å². The summed E-state index contributed by atoms with van der Waals surface area (Å²) in [6.45, 7) is 2.83. The monoisotopic (exact) mass is 370 g/mol. The first kappa shape index (κ1) is 17.1. The van der Waals surface area contributed by atoms with Gasteiger partial charge in [0, 0.05) is 43.0 Å². The summed E-state index contributed by atoms with van der Waals surface area (Å²) in [4.78, 5) is 2.76. The van der Waals surface area contributed by atoms with Gasteiger partial charge in [-0.2, -0.15) is 5.10 Å². The van der Waals surface area contributed by atoms with Gasteiger partial charge in [0.15, 0.2) is 9.84 Å². The minimum atomic E-state index is -3.13. The summed E-state index contributed by atoms with van der Waals surface area (Å²) in [6, 6.07) is 13.8. The van der Waals surface area contributed by atoms with E-state index in [2.05, 4.69) is 32.5 Å². The van der Waals surface area contributed by atoms with Gasteiger partial charge in [-0.3, -0.25) is 10.00 Å². The first-order valence-electron chi connectivity index (χ1n) is 8.68. The third-order valence-corrected chi connectivity index (χ3v) is 5.97. The first-order chi connectivity index (χ1) is 12.5. The Morgan fingerprint density at radius 3 is 2.81 bits per heavy atom. The summed E-state index contributed by atoms with van der Waals surface area (Å²) in [5, 5.41) is 11.7. The third-order valence-electron chi connectivity index (χ3n) is 4.84. The van der Waals surface area contributed by atoms with Crippen molar-refractivity contribution in [1.29, 1.82) is 0 Å². The molecule has 4 rings (SSSR count). The van der Waals surface area contributed by atoms with E-state index in [9.17, 15) is 8.42 Å². The van der Waals surface area contributed by atoms with E-state index in [-0.39, 0.29) is 0 Å². The summed E-state index contributed by atoms with van der Waals surface area (Å²) in [5.41, 5.74) is 3.29. The van der Waals surface area contributed by atoms with E-state index in [1.165, 1.54) is 6.26 Å². The zero-order valence-corrected chi connectivity index (χ0v) is 15.5. The second-order valence-corrected chi connectivity index (χ2v) is 8.97. The fourth-order valence-electron chi connectivity index (χ4n) is 3.46. The van der Waals surface area contributed by atoms with Crippen molar-refractivity contribution in [1.82, 2.24) is 15.1 Å². The number of fused-ring (bicyclic) bond motifs is 1. The normalized spacial score (nSPS) is 18.4. The number of nitrogens with zero attached hydrogens (tertiary/aromatic N) is 2. The Morgan fingerprint density at radius 1 is 1.23 bits per heavy atom. The van der Waals surface area contributed by atoms with Crippen molar-refractivity contribution in [3.8, 4) is 0 Å². The average molecular weight is 370 g/mol. The maximum Gasteiger partial charge on any atom is 0.175 e. The van der Waals surface area contributed by atoms with Gasteiger partial charge in [0.05, 0.1) is 16.6 Å². The van der Waals surface area contributed by atoms with Crippen LogP contribution in [-0.2, 0) is 16.4 Å². The van der Waals surface area contributed by atoms with Gasteiger partial charge in [-0.15, -0.1) is 0 Å². The molecule has 0 aliphatic carbocycles. The molecule has 0 radical (unpaired) electrons. The van der Waals surface area contributed by atoms with Crippen LogP contribution in [-0.4, -0.2) is 48.9 Å². The molecule has 6 nitrogen and oxygen atoms in total. The molecule has 0 saturated carbocycles. The first-order valence-corrected chi connectivity index (χ1v) is 10.6. The van der Waals surface area contributed by atoms with E-state index in [1.807, 2.05) is 24.4 Å². The highest BCUT2D eigenvalue weighted by Crippen LogP contribution is 2.21. The van der Waals surface area contributed by atoms with Crippen LogP contribution in [0.5, 0.6) is 0 Å². The highest BCUT2D eigenvalue weighted by atomic mass is 32.2. The van der Waals surface area contributed by atoms with Crippen molar-refractivity contribution in [2.75, 3.05) is 24.7 Å². The van der Waals surface area contributed by atoms with Crippen LogP contribution in [0.15, 0.2) is 53.6 Å². The van der Waals surface area contributed by atoms with Crippen molar-refractivity contribution in [3.63, 3.8) is 0 Å². The van der Waals surface area contributed by atoms with Crippen molar-refractivity contribution >= 4 is 26.4 Å². The van der Waals surface area contributed by atoms with Gasteiger partial charge >= 0.3 is 0 Å². The molecule has 1 saturated heterocycles. The predicted octanol–water partition coefficient (Wildman–Crippen LogP) is 2.65. The molecule has 1 aliphatic heterocycles. The van der Waals surface area contributed by atoms with E-state index < -0.39 is 9.84 Å². The topological polar surface area (TPSA) is 78.1 Å². The molecule has 0 bridgehead atoms. The number of nitrogens with one attached hydrogen (secondary N) is 2. The van der Waals surface area contributed by atoms with Gasteiger partial charge in [-0.1, -0.05) is 12.1 Å². The smallest absolute Gasteiger partial charge is 0.175 e. The van der Waals surface area contributed by atoms with Crippen LogP contribution in [0.25, 0.3) is 10.9 Å².